The summed E-state index contributed by atoms with van der Waals surface area (Å²) in [5.74, 6) is -1.55. The van der Waals surface area contributed by atoms with Gasteiger partial charge in [-0.05, 0) is 13.8 Å². The van der Waals surface area contributed by atoms with Crippen molar-refractivity contribution in [1.29, 1.82) is 0 Å². The molecule has 2 aromatic rings. The molecule has 4 rings (SSSR count). The number of β-lactam (4-membered cyclic amide) rings is 1. The molecule has 2 aliphatic heterocycles. The first-order valence-electron chi connectivity index (χ1n) is 10.8. The summed E-state index contributed by atoms with van der Waals surface area (Å²) in [4.78, 5) is 49.6. The predicted molar refractivity (Wildman–Crippen MR) is 134 cm³/mol. The van der Waals surface area contributed by atoms with Gasteiger partial charge in [0.15, 0.2) is 15.2 Å². The molecular weight excluding hydrogens is 544 g/mol. The zero-order chi connectivity index (χ0) is 26.5. The molecule has 2 aromatic heterocycles. The average Bonchev–Trinajstić information content (AvgIpc) is 3.55. The molecule has 14 nitrogen and oxygen atoms in total. The van der Waals surface area contributed by atoms with Crippen LogP contribution in [0.5, 0.6) is 0 Å². The van der Waals surface area contributed by atoms with E-state index in [1.807, 2.05) is 0 Å². The van der Waals surface area contributed by atoms with Crippen molar-refractivity contribution in [2.75, 3.05) is 24.7 Å². The number of fused-ring (bicyclic) bond motifs is 1. The van der Waals surface area contributed by atoms with Gasteiger partial charge in [0.05, 0.1) is 5.75 Å². The first kappa shape index (κ1) is 26.5. The van der Waals surface area contributed by atoms with Crippen molar-refractivity contribution >= 4 is 63.3 Å². The van der Waals surface area contributed by atoms with Gasteiger partial charge in [-0.3, -0.25) is 14.5 Å². The number of thioether (sulfide) groups is 1. The summed E-state index contributed by atoms with van der Waals surface area (Å²) in [6.07, 6.45) is 1.09. The molecule has 0 saturated carbocycles. The number of anilines is 1. The summed E-state index contributed by atoms with van der Waals surface area (Å²) in [5.41, 5.74) is 6.96. The Morgan fingerprint density at radius 2 is 2.30 bits per heavy atom. The second kappa shape index (κ2) is 11.7. The van der Waals surface area contributed by atoms with E-state index in [1.165, 1.54) is 34.1 Å². The minimum Gasteiger partial charge on any atom is -0.492 e. The molecule has 0 spiro atoms. The number of aromatic nitrogens is 4. The fourth-order valence-electron chi connectivity index (χ4n) is 3.30. The van der Waals surface area contributed by atoms with Crippen molar-refractivity contribution in [3.05, 3.63) is 35.4 Å². The molecule has 1 saturated heterocycles. The topological polar surface area (TPSA) is 184 Å². The van der Waals surface area contributed by atoms with Crippen molar-refractivity contribution in [3.8, 4) is 0 Å². The molecule has 2 atom stereocenters. The van der Waals surface area contributed by atoms with E-state index in [2.05, 4.69) is 36.6 Å². The van der Waals surface area contributed by atoms with Crippen molar-refractivity contribution in [1.82, 2.24) is 29.8 Å². The second-order valence-corrected chi connectivity index (χ2v) is 10.6. The second-order valence-electron chi connectivity index (χ2n) is 7.74. The third-order valence-corrected chi connectivity index (χ3v) is 7.26. The fourth-order valence-corrected chi connectivity index (χ4v) is 5.17. The molecule has 17 heteroatoms. The number of hydrogen-bond acceptors (Lipinski definition) is 15. The molecule has 0 aliphatic carbocycles. The number of esters is 1. The van der Waals surface area contributed by atoms with E-state index >= 15 is 0 Å². The number of rotatable bonds is 11. The van der Waals surface area contributed by atoms with E-state index in [0.717, 1.165) is 11.5 Å². The van der Waals surface area contributed by atoms with E-state index in [4.69, 9.17) is 20.0 Å². The number of hydrogen-bond donors (Lipinski definition) is 2. The minimum atomic E-state index is -0.993. The Labute approximate surface area is 223 Å². The van der Waals surface area contributed by atoms with Crippen molar-refractivity contribution < 1.29 is 28.7 Å². The van der Waals surface area contributed by atoms with E-state index in [-0.39, 0.29) is 53.2 Å². The lowest BCUT2D eigenvalue weighted by Crippen LogP contribution is -2.73. The lowest BCUT2D eigenvalue weighted by atomic mass is 9.92. The summed E-state index contributed by atoms with van der Waals surface area (Å²) >= 11 is 3.52. The maximum absolute atomic E-state index is 13.2. The van der Waals surface area contributed by atoms with E-state index < -0.39 is 29.9 Å². The smallest absolute Gasteiger partial charge is 0.358 e. The lowest BCUT2D eigenvalue weighted by molar-refractivity contribution is -0.161. The number of amides is 2. The fraction of sp³-hybridized carbons (Fsp3) is 0.400. The van der Waals surface area contributed by atoms with Crippen LogP contribution in [0.2, 0.25) is 0 Å². The highest BCUT2D eigenvalue weighted by Crippen LogP contribution is 2.35. The van der Waals surface area contributed by atoms with Crippen LogP contribution in [0.1, 0.15) is 19.7 Å². The number of nitrogens with zero attached hydrogens (tertiary/aromatic N) is 6. The van der Waals surface area contributed by atoms with Crippen molar-refractivity contribution in [3.63, 3.8) is 0 Å². The Morgan fingerprint density at radius 1 is 1.49 bits per heavy atom. The van der Waals surface area contributed by atoms with Crippen LogP contribution in [0.15, 0.2) is 39.1 Å². The molecule has 0 unspecified atom stereocenters. The van der Waals surface area contributed by atoms with Crippen LogP contribution in [0.25, 0.3) is 0 Å². The van der Waals surface area contributed by atoms with Crippen LogP contribution in [0.4, 0.5) is 5.13 Å². The SMILES string of the molecule is C=CCOC(=O)C1=C(CSc2nncs2)OC[C@@H]2[C@H](NC(=O)/C(=N\OC(C)C)c3nsc(N)n3)C(=O)N12. The van der Waals surface area contributed by atoms with E-state index in [9.17, 15) is 14.4 Å². The maximum atomic E-state index is 13.2. The first-order chi connectivity index (χ1) is 17.8. The van der Waals surface area contributed by atoms with Crippen LogP contribution in [0.3, 0.4) is 0 Å². The Morgan fingerprint density at radius 3 is 2.95 bits per heavy atom. The van der Waals surface area contributed by atoms with Crippen LogP contribution >= 0.6 is 34.6 Å². The van der Waals surface area contributed by atoms with Gasteiger partial charge >= 0.3 is 5.97 Å². The Bertz CT molecular complexity index is 1240. The molecule has 3 N–H and O–H groups in total. The number of carbonyl (C=O) groups excluding carboxylic acids is 3. The van der Waals surface area contributed by atoms with Crippen molar-refractivity contribution in [2.45, 2.75) is 36.4 Å². The summed E-state index contributed by atoms with van der Waals surface area (Å²) in [5, 5.41) is 14.3. The van der Waals surface area contributed by atoms with Gasteiger partial charge in [0, 0.05) is 11.5 Å². The van der Waals surface area contributed by atoms with Gasteiger partial charge in [0.2, 0.25) is 11.5 Å². The average molecular weight is 567 g/mol. The van der Waals surface area contributed by atoms with Gasteiger partial charge in [0.25, 0.3) is 11.8 Å². The largest absolute Gasteiger partial charge is 0.492 e. The molecule has 0 radical (unpaired) electrons. The monoisotopic (exact) mass is 566 g/mol. The number of nitrogen functional groups attached to an aromatic ring is 1. The summed E-state index contributed by atoms with van der Waals surface area (Å²) < 4.78 is 15.7. The van der Waals surface area contributed by atoms with Crippen LogP contribution in [0, 0.1) is 0 Å². The summed E-state index contributed by atoms with van der Waals surface area (Å²) in [7, 11) is 0. The highest BCUT2D eigenvalue weighted by molar-refractivity contribution is 8.01. The number of nitrogens with one attached hydrogen (secondary N) is 1. The van der Waals surface area contributed by atoms with E-state index in [0.29, 0.717) is 4.34 Å². The van der Waals surface area contributed by atoms with Gasteiger partial charge < -0.3 is 25.4 Å². The highest BCUT2D eigenvalue weighted by Gasteiger charge is 2.55. The molecule has 2 aliphatic rings. The molecule has 1 fully saturated rings. The predicted octanol–water partition coefficient (Wildman–Crippen LogP) is 0.560. The van der Waals surface area contributed by atoms with Crippen LogP contribution in [-0.2, 0) is 28.7 Å². The quantitative estimate of drug-likeness (QED) is 0.0963. The van der Waals surface area contributed by atoms with Crippen LogP contribution < -0.4 is 11.1 Å². The number of ether oxygens (including phenoxy) is 2. The molecule has 4 heterocycles. The zero-order valence-corrected chi connectivity index (χ0v) is 22.1. The van der Waals surface area contributed by atoms with Gasteiger partial charge in [0.1, 0.15) is 42.7 Å². The first-order valence-corrected chi connectivity index (χ1v) is 13.4. The molecule has 2 amide bonds. The van der Waals surface area contributed by atoms with E-state index in [1.54, 1.807) is 19.4 Å². The van der Waals surface area contributed by atoms with Gasteiger partial charge in [-0.15, -0.1) is 10.2 Å². The molecule has 196 valence electrons. The highest BCUT2D eigenvalue weighted by atomic mass is 32.2. The zero-order valence-electron chi connectivity index (χ0n) is 19.7. The van der Waals surface area contributed by atoms with Gasteiger partial charge in [-0.2, -0.15) is 9.36 Å². The molecule has 37 heavy (non-hydrogen) atoms. The Kier molecular flexibility index (Phi) is 8.34. The van der Waals surface area contributed by atoms with Crippen molar-refractivity contribution in [2.24, 2.45) is 5.16 Å². The van der Waals surface area contributed by atoms with Gasteiger partial charge in [-0.25, -0.2) is 4.79 Å². The minimum absolute atomic E-state index is 0.0309. The number of oxime groups is 1. The normalized spacial score (nSPS) is 19.2. The van der Waals surface area contributed by atoms with Gasteiger partial charge in [-0.1, -0.05) is 40.9 Å². The lowest BCUT2D eigenvalue weighted by Gasteiger charge is -2.49. The number of nitrogens with two attached hydrogens (primary N) is 1. The van der Waals surface area contributed by atoms with Crippen LogP contribution in [-0.4, -0.2) is 85.1 Å². The number of carbonyl (C=O) groups is 3. The third kappa shape index (κ3) is 5.89. The molecule has 0 bridgehead atoms. The maximum Gasteiger partial charge on any atom is 0.358 e. The molecular formula is C20H22N8O6S3. The summed E-state index contributed by atoms with van der Waals surface area (Å²) in [6.45, 7) is 6.99. The Hall–Kier alpha value is -3.57. The summed E-state index contributed by atoms with van der Waals surface area (Å²) in [6, 6.07) is -1.65. The molecule has 0 aromatic carbocycles. The Balaban J connectivity index is 1.53. The standard InChI is InChI=1S/C20H22N8O6S3/c1-4-5-32-18(31)14-11(7-35-20-25-22-8-36-20)33-6-10-12(17(30)28(10)14)23-16(29)13(26-34-9(2)3)15-24-19(21)37-27-15/h4,8-10,12H,1,5-7H2,2-3H3,(H,23,29)(H2,21,24,27)/b26-13-/t10-,12+/m1/s1. The third-order valence-electron chi connectivity index (χ3n) is 4.86.